The maximum absolute atomic E-state index is 13.9. The molecule has 0 aromatic heterocycles. The van der Waals surface area contributed by atoms with E-state index in [-0.39, 0.29) is 12.3 Å². The van der Waals surface area contributed by atoms with Crippen LogP contribution in [0.1, 0.15) is 19.4 Å². The average Bonchev–Trinajstić information content (AvgIpc) is 2.63. The SMILES string of the molecule is CCN(CC)C(Cc1ccccc1)=Nc1c(F)c(F)c(F)c(F)c1F. The molecule has 2 nitrogen and oxygen atoms in total. The Morgan fingerprint density at radius 2 is 1.28 bits per heavy atom. The number of hydrogen-bond donors (Lipinski definition) is 0. The van der Waals surface area contributed by atoms with Gasteiger partial charge in [0.25, 0.3) is 0 Å². The van der Waals surface area contributed by atoms with E-state index in [1.54, 1.807) is 29.2 Å². The van der Waals surface area contributed by atoms with E-state index >= 15 is 0 Å². The van der Waals surface area contributed by atoms with E-state index < -0.39 is 34.8 Å². The third kappa shape index (κ3) is 3.97. The maximum atomic E-state index is 13.9. The van der Waals surface area contributed by atoms with Gasteiger partial charge in [0.2, 0.25) is 5.82 Å². The summed E-state index contributed by atoms with van der Waals surface area (Å²) in [5.41, 5.74) is -0.369. The van der Waals surface area contributed by atoms with Gasteiger partial charge in [-0.1, -0.05) is 30.3 Å². The zero-order chi connectivity index (χ0) is 18.6. The van der Waals surface area contributed by atoms with Crippen LogP contribution in [-0.2, 0) is 6.42 Å². The zero-order valence-corrected chi connectivity index (χ0v) is 13.8. The highest BCUT2D eigenvalue weighted by Crippen LogP contribution is 2.30. The minimum atomic E-state index is -2.19. The van der Waals surface area contributed by atoms with Crippen molar-refractivity contribution in [2.45, 2.75) is 20.3 Å². The van der Waals surface area contributed by atoms with E-state index in [0.29, 0.717) is 13.1 Å². The van der Waals surface area contributed by atoms with Crippen LogP contribution in [0.2, 0.25) is 0 Å². The van der Waals surface area contributed by atoms with Crippen LogP contribution in [0, 0.1) is 29.1 Å². The molecule has 0 aliphatic heterocycles. The lowest BCUT2D eigenvalue weighted by atomic mass is 10.1. The molecule has 2 aromatic rings. The number of hydrogen-bond acceptors (Lipinski definition) is 1. The van der Waals surface area contributed by atoms with E-state index in [9.17, 15) is 22.0 Å². The Balaban J connectivity index is 2.58. The minimum absolute atomic E-state index is 0.196. The van der Waals surface area contributed by atoms with E-state index in [2.05, 4.69) is 4.99 Å². The van der Waals surface area contributed by atoms with Crippen LogP contribution in [0.25, 0.3) is 0 Å². The summed E-state index contributed by atoms with van der Waals surface area (Å²) in [5, 5.41) is 0. The predicted molar refractivity (Wildman–Crippen MR) is 86.4 cm³/mol. The molecule has 7 heteroatoms. The molecule has 0 amide bonds. The van der Waals surface area contributed by atoms with E-state index in [0.717, 1.165) is 5.56 Å². The van der Waals surface area contributed by atoms with Gasteiger partial charge in [0, 0.05) is 19.5 Å². The first-order valence-corrected chi connectivity index (χ1v) is 7.78. The zero-order valence-electron chi connectivity index (χ0n) is 13.8. The number of likely N-dealkylation sites (N-methyl/N-ethyl adjacent to an activating group) is 1. The van der Waals surface area contributed by atoms with Crippen molar-refractivity contribution in [1.29, 1.82) is 0 Å². The van der Waals surface area contributed by atoms with Crippen LogP contribution in [0.4, 0.5) is 27.6 Å². The number of benzene rings is 2. The Kier molecular flexibility index (Phi) is 6.12. The summed E-state index contributed by atoms with van der Waals surface area (Å²) < 4.78 is 67.8. The molecule has 0 radical (unpaired) electrons. The molecule has 0 N–H and O–H groups in total. The molecule has 0 fully saturated rings. The minimum Gasteiger partial charge on any atom is -0.360 e. The number of amidine groups is 1. The lowest BCUT2D eigenvalue weighted by molar-refractivity contribution is 0.380. The summed E-state index contributed by atoms with van der Waals surface area (Å²) in [5.74, 6) is -9.85. The first-order valence-electron chi connectivity index (χ1n) is 7.78. The lowest BCUT2D eigenvalue weighted by Crippen LogP contribution is -2.32. The molecule has 0 saturated carbocycles. The topological polar surface area (TPSA) is 15.6 Å². The van der Waals surface area contributed by atoms with Crippen LogP contribution in [-0.4, -0.2) is 23.8 Å². The van der Waals surface area contributed by atoms with Crippen LogP contribution < -0.4 is 0 Å². The molecule has 0 aliphatic carbocycles. The molecule has 0 spiro atoms. The fourth-order valence-electron chi connectivity index (χ4n) is 2.41. The van der Waals surface area contributed by atoms with Crippen molar-refractivity contribution in [1.82, 2.24) is 4.90 Å². The van der Waals surface area contributed by atoms with Crippen molar-refractivity contribution in [3.8, 4) is 0 Å². The molecule has 0 aliphatic rings. The third-order valence-corrected chi connectivity index (χ3v) is 3.76. The van der Waals surface area contributed by atoms with Gasteiger partial charge in [0.15, 0.2) is 23.3 Å². The largest absolute Gasteiger partial charge is 0.360 e. The second kappa shape index (κ2) is 8.09. The number of nitrogens with zero attached hydrogens (tertiary/aromatic N) is 2. The van der Waals surface area contributed by atoms with Crippen molar-refractivity contribution < 1.29 is 22.0 Å². The fourth-order valence-corrected chi connectivity index (χ4v) is 2.41. The molecule has 25 heavy (non-hydrogen) atoms. The summed E-state index contributed by atoms with van der Waals surface area (Å²) in [7, 11) is 0. The van der Waals surface area contributed by atoms with Crippen molar-refractivity contribution in [3.63, 3.8) is 0 Å². The summed E-state index contributed by atoms with van der Waals surface area (Å²) in [6, 6.07) is 8.96. The highest BCUT2D eigenvalue weighted by atomic mass is 19.2. The smallest absolute Gasteiger partial charge is 0.200 e. The Hall–Kier alpha value is -2.44. The summed E-state index contributed by atoms with van der Waals surface area (Å²) in [6.45, 7) is 4.56. The monoisotopic (exact) mass is 356 g/mol. The molecule has 0 unspecified atom stereocenters. The first-order chi connectivity index (χ1) is 11.9. The van der Waals surface area contributed by atoms with Crippen molar-refractivity contribution in [3.05, 3.63) is 65.0 Å². The second-order valence-corrected chi connectivity index (χ2v) is 5.28. The van der Waals surface area contributed by atoms with Crippen LogP contribution >= 0.6 is 0 Å². The van der Waals surface area contributed by atoms with Gasteiger partial charge in [-0.15, -0.1) is 0 Å². The fraction of sp³-hybridized carbons (Fsp3) is 0.278. The van der Waals surface area contributed by atoms with Crippen molar-refractivity contribution in [2.75, 3.05) is 13.1 Å². The lowest BCUT2D eigenvalue weighted by Gasteiger charge is -2.23. The molecule has 0 heterocycles. The number of halogens is 5. The molecule has 0 saturated heterocycles. The molecular formula is C18H17F5N2. The highest BCUT2D eigenvalue weighted by Gasteiger charge is 2.26. The first kappa shape index (κ1) is 18.9. The summed E-state index contributed by atoms with van der Waals surface area (Å²) in [6.07, 6.45) is 0.196. The van der Waals surface area contributed by atoms with Crippen LogP contribution in [0.15, 0.2) is 35.3 Å². The van der Waals surface area contributed by atoms with Gasteiger partial charge in [-0.25, -0.2) is 26.9 Å². The molecule has 0 atom stereocenters. The van der Waals surface area contributed by atoms with Gasteiger partial charge in [-0.05, 0) is 19.4 Å². The van der Waals surface area contributed by atoms with E-state index in [1.807, 2.05) is 19.9 Å². The maximum Gasteiger partial charge on any atom is 0.200 e. The Morgan fingerprint density at radius 3 is 1.76 bits per heavy atom. The van der Waals surface area contributed by atoms with Gasteiger partial charge in [-0.3, -0.25) is 0 Å². The highest BCUT2D eigenvalue weighted by molar-refractivity contribution is 5.87. The van der Waals surface area contributed by atoms with Crippen LogP contribution in [0.5, 0.6) is 0 Å². The van der Waals surface area contributed by atoms with E-state index in [4.69, 9.17) is 0 Å². The summed E-state index contributed by atoms with van der Waals surface area (Å²) >= 11 is 0. The average molecular weight is 356 g/mol. The van der Waals surface area contributed by atoms with Gasteiger partial charge in [-0.2, -0.15) is 0 Å². The second-order valence-electron chi connectivity index (χ2n) is 5.28. The number of rotatable bonds is 5. The van der Waals surface area contributed by atoms with Crippen LogP contribution in [0.3, 0.4) is 0 Å². The third-order valence-electron chi connectivity index (χ3n) is 3.76. The van der Waals surface area contributed by atoms with Gasteiger partial charge in [0.1, 0.15) is 11.5 Å². The Bertz CT molecular complexity index is 742. The van der Waals surface area contributed by atoms with Gasteiger partial charge >= 0.3 is 0 Å². The van der Waals surface area contributed by atoms with E-state index in [1.165, 1.54) is 0 Å². The van der Waals surface area contributed by atoms with Gasteiger partial charge < -0.3 is 4.90 Å². The Labute approximate surface area is 142 Å². The Morgan fingerprint density at radius 1 is 0.800 bits per heavy atom. The van der Waals surface area contributed by atoms with Crippen molar-refractivity contribution in [2.24, 2.45) is 4.99 Å². The molecule has 2 aromatic carbocycles. The number of aliphatic imine (C=N–C) groups is 1. The van der Waals surface area contributed by atoms with Gasteiger partial charge in [0.05, 0.1) is 0 Å². The van der Waals surface area contributed by atoms with Crippen molar-refractivity contribution >= 4 is 11.5 Å². The predicted octanol–water partition coefficient (Wildman–Crippen LogP) is 5.00. The molecule has 134 valence electrons. The quantitative estimate of drug-likeness (QED) is 0.242. The molecular weight excluding hydrogens is 339 g/mol. The molecule has 2 rings (SSSR count). The normalized spacial score (nSPS) is 11.7. The molecule has 0 bridgehead atoms. The summed E-state index contributed by atoms with van der Waals surface area (Å²) in [4.78, 5) is 5.50. The standard InChI is InChI=1S/C18H17F5N2/c1-3-25(4-2)12(10-11-8-6-5-7-9-11)24-18-16(22)14(20)13(19)15(21)17(18)23/h5-9H,3-4,10H2,1-2H3.